The Hall–Kier alpha value is -6.40. The van der Waals surface area contributed by atoms with E-state index in [9.17, 15) is 19.2 Å². The van der Waals surface area contributed by atoms with Crippen LogP contribution in [0.4, 0.5) is 22.7 Å². The summed E-state index contributed by atoms with van der Waals surface area (Å²) in [6.45, 7) is 0. The number of terminal acetylenes is 1. The molecule has 6 aromatic rings. The zero-order valence-electron chi connectivity index (χ0n) is 29.9. The van der Waals surface area contributed by atoms with Gasteiger partial charge >= 0.3 is 224 Å². The number of aromatic carboxylic acids is 1. The average Bonchev–Trinajstić information content (AvgIpc) is 3.24. The van der Waals surface area contributed by atoms with E-state index in [2.05, 4.69) is 32.7 Å². The first-order valence-corrected chi connectivity index (χ1v) is 20.2. The number of hydrogen-bond acceptors (Lipinski definition) is 8. The van der Waals surface area contributed by atoms with Gasteiger partial charge in [0, 0.05) is 0 Å². The summed E-state index contributed by atoms with van der Waals surface area (Å²) in [7, 11) is 0. The Morgan fingerprint density at radius 2 is 0.907 bits per heavy atom. The summed E-state index contributed by atoms with van der Waals surface area (Å²) in [4.78, 5) is 44.5. The number of carbonyl (C=O) groups is 4. The van der Waals surface area contributed by atoms with Crippen molar-refractivity contribution in [3.05, 3.63) is 180 Å². The van der Waals surface area contributed by atoms with Crippen molar-refractivity contribution < 1.29 is 25.7 Å². The topological polar surface area (TPSA) is 138 Å². The smallest absolute Gasteiger partial charge is 0.124 e. The molecule has 0 amide bonds. The van der Waals surface area contributed by atoms with E-state index in [1.807, 2.05) is 97.1 Å². The standard InChI is InChI=1S/C20H14N2O2Se.C13H10N2O2.C8H8OSe.C2H2/c23-14-16-6-4-5-9-19(16)25-20(24)15-10-12-18(13-11-15)22-21-17-7-2-1-3-8-17;16-13(17)10-6-8-12(9-7-10)15-14-11-4-2-1-3-5-11;1-10-8-5-3-2-4-7(8)6-9;1-2/h1-14H;1-9H,(H,16,17);2-6H,1H3;1-2H/i;;;1D. The summed E-state index contributed by atoms with van der Waals surface area (Å²) < 4.78 is 7.74. The average molecular weight is 846 g/mol. The molecule has 0 bridgehead atoms. The van der Waals surface area contributed by atoms with Gasteiger partial charge in [-0.15, -0.1) is 12.8 Å². The maximum absolute atomic E-state index is 12.4. The van der Waals surface area contributed by atoms with Gasteiger partial charge in [0.1, 0.15) is 1.37 Å². The monoisotopic (exact) mass is 847 g/mol. The van der Waals surface area contributed by atoms with E-state index in [0.29, 0.717) is 37.5 Å². The van der Waals surface area contributed by atoms with Gasteiger partial charge in [0.25, 0.3) is 0 Å². The fraction of sp³-hybridized carbons (Fsp3) is 0.0233. The van der Waals surface area contributed by atoms with E-state index in [1.165, 1.54) is 23.0 Å². The third kappa shape index (κ3) is 14.3. The van der Waals surface area contributed by atoms with Crippen LogP contribution in [0, 0.1) is 12.8 Å². The third-order valence-corrected chi connectivity index (χ3v) is 10.6. The van der Waals surface area contributed by atoms with E-state index >= 15 is 0 Å². The van der Waals surface area contributed by atoms with Crippen molar-refractivity contribution in [1.29, 1.82) is 0 Å². The number of nitrogens with zero attached hydrogens (tertiary/aromatic N) is 4. The van der Waals surface area contributed by atoms with Gasteiger partial charge in [-0.2, -0.15) is 10.2 Å². The minimum Gasteiger partial charge on any atom is -0.124 e. The van der Waals surface area contributed by atoms with Crippen LogP contribution < -0.4 is 8.92 Å². The van der Waals surface area contributed by atoms with Gasteiger partial charge in [0.15, 0.2) is 0 Å². The molecule has 0 fully saturated rings. The van der Waals surface area contributed by atoms with Crippen molar-refractivity contribution in [2.75, 3.05) is 0 Å². The minimum absolute atomic E-state index is 0.0216. The van der Waals surface area contributed by atoms with E-state index in [4.69, 9.17) is 6.48 Å². The molecular formula is C43H34N4O5Se2. The summed E-state index contributed by atoms with van der Waals surface area (Å²) in [5.74, 6) is 1.16. The van der Waals surface area contributed by atoms with Crippen LogP contribution in [0.5, 0.6) is 0 Å². The molecule has 0 aromatic heterocycles. The molecule has 0 saturated carbocycles. The maximum Gasteiger partial charge on any atom is 0.124 e. The number of aldehydes is 2. The van der Waals surface area contributed by atoms with Crippen LogP contribution in [0.15, 0.2) is 178 Å². The number of rotatable bonds is 11. The predicted molar refractivity (Wildman–Crippen MR) is 216 cm³/mol. The molecule has 268 valence electrons. The molecule has 0 atom stereocenters. The molecule has 0 unspecified atom stereocenters. The molecule has 11 heteroatoms. The number of hydrogen-bond donors (Lipinski definition) is 1. The van der Waals surface area contributed by atoms with Gasteiger partial charge in [-0.25, -0.2) is 4.79 Å². The van der Waals surface area contributed by atoms with Crippen LogP contribution in [-0.2, 0) is 0 Å². The molecule has 1 N–H and O–H groups in total. The summed E-state index contributed by atoms with van der Waals surface area (Å²) in [6.07, 6.45) is 7.47. The summed E-state index contributed by atoms with van der Waals surface area (Å²) >= 11 is -0.0118. The number of benzene rings is 6. The van der Waals surface area contributed by atoms with E-state index in [-0.39, 0.29) is 10.2 Å². The summed E-state index contributed by atoms with van der Waals surface area (Å²) in [6, 6.07) is 47.0. The molecule has 0 spiro atoms. The van der Waals surface area contributed by atoms with Gasteiger partial charge in [-0.1, -0.05) is 18.2 Å². The molecule has 6 aromatic carbocycles. The Morgan fingerprint density at radius 3 is 1.30 bits per heavy atom. The first-order chi connectivity index (χ1) is 26.8. The first-order valence-electron chi connectivity index (χ1n) is 16.4. The van der Waals surface area contributed by atoms with E-state index in [1.54, 1.807) is 48.5 Å². The zero-order valence-corrected chi connectivity index (χ0v) is 32.4. The van der Waals surface area contributed by atoms with Gasteiger partial charge in [0.05, 0.1) is 16.9 Å². The van der Waals surface area contributed by atoms with Crippen LogP contribution in [-0.4, -0.2) is 58.2 Å². The number of azo groups is 2. The van der Waals surface area contributed by atoms with Crippen molar-refractivity contribution >= 4 is 84.8 Å². The predicted octanol–water partition coefficient (Wildman–Crippen LogP) is 9.01. The fourth-order valence-corrected chi connectivity index (χ4v) is 7.09. The largest absolute Gasteiger partial charge is 0.124 e. The van der Waals surface area contributed by atoms with Gasteiger partial charge < -0.3 is 5.11 Å². The van der Waals surface area contributed by atoms with Crippen molar-refractivity contribution in [3.63, 3.8) is 0 Å². The van der Waals surface area contributed by atoms with Gasteiger partial charge in [-0.3, -0.25) is 0 Å². The van der Waals surface area contributed by atoms with Crippen molar-refractivity contribution in [3.8, 4) is 12.8 Å². The van der Waals surface area contributed by atoms with Crippen LogP contribution in [0.2, 0.25) is 5.82 Å². The Balaban J connectivity index is 0.000000233. The maximum atomic E-state index is 12.4. The Bertz CT molecular complexity index is 2230. The van der Waals surface area contributed by atoms with E-state index in [0.717, 1.165) is 34.0 Å². The number of carboxylic acid groups (broad SMARTS) is 1. The molecule has 0 aliphatic rings. The Morgan fingerprint density at radius 1 is 0.556 bits per heavy atom. The normalized spacial score (nSPS) is 10.2. The molecule has 0 heterocycles. The molecular weight excluding hydrogens is 810 g/mol. The minimum atomic E-state index is -0.948. The van der Waals surface area contributed by atoms with Crippen molar-refractivity contribution in [1.82, 2.24) is 0 Å². The fourth-order valence-electron chi connectivity index (χ4n) is 4.15. The van der Waals surface area contributed by atoms with Gasteiger partial charge in [-0.05, 0) is 36.4 Å². The second-order valence-corrected chi connectivity index (χ2v) is 14.3. The Kier molecular flexibility index (Phi) is 17.9. The SMILES string of the molecule is C[Se]c1ccccc1C=O.O=C(O)c1ccc(N=Nc2ccccc2)cc1.O=Cc1ccccc1[Se]C(=O)c1ccc(N=Nc2ccccc2)cc1.[2H]C#C. The second-order valence-electron chi connectivity index (χ2n) is 10.4. The quantitative estimate of drug-likeness (QED) is 0.0601. The molecule has 0 radical (unpaired) electrons. The molecule has 54 heavy (non-hydrogen) atoms. The van der Waals surface area contributed by atoms with Crippen LogP contribution in [0.3, 0.4) is 0 Å². The molecule has 0 aliphatic carbocycles. The van der Waals surface area contributed by atoms with Crippen LogP contribution in [0.25, 0.3) is 0 Å². The number of carbonyl (C=O) groups excluding carboxylic acids is 3. The zero-order chi connectivity index (χ0) is 39.7. The second kappa shape index (κ2) is 24.0. The van der Waals surface area contributed by atoms with Crippen LogP contribution in [0.1, 0.15) is 42.8 Å². The van der Waals surface area contributed by atoms with E-state index < -0.39 is 20.9 Å². The van der Waals surface area contributed by atoms with Crippen molar-refractivity contribution in [2.45, 2.75) is 5.82 Å². The molecule has 0 aliphatic heterocycles. The molecule has 0 saturated heterocycles. The van der Waals surface area contributed by atoms with Crippen LogP contribution >= 0.6 is 0 Å². The Labute approximate surface area is 328 Å². The van der Waals surface area contributed by atoms with Crippen molar-refractivity contribution in [2.24, 2.45) is 20.5 Å². The van der Waals surface area contributed by atoms with Gasteiger partial charge in [0.2, 0.25) is 0 Å². The number of carboxylic acids is 1. The molecule has 6 rings (SSSR count). The molecule has 9 nitrogen and oxygen atoms in total. The third-order valence-electron chi connectivity index (χ3n) is 6.81. The summed E-state index contributed by atoms with van der Waals surface area (Å²) in [5.41, 5.74) is 5.10. The summed E-state index contributed by atoms with van der Waals surface area (Å²) in [5, 5.41) is 25.1. The first kappa shape index (κ1) is 40.4.